The van der Waals surface area contributed by atoms with Gasteiger partial charge in [-0.15, -0.1) is 0 Å². The van der Waals surface area contributed by atoms with E-state index in [-0.39, 0.29) is 18.2 Å². The van der Waals surface area contributed by atoms with Gasteiger partial charge in [0.2, 0.25) is 11.8 Å². The highest BCUT2D eigenvalue weighted by Gasteiger charge is 2.10. The van der Waals surface area contributed by atoms with Gasteiger partial charge in [0.15, 0.2) is 0 Å². The molecule has 0 unspecified atom stereocenters. The maximum Gasteiger partial charge on any atom is 0.233 e. The molecule has 0 radical (unpaired) electrons. The molecule has 0 saturated heterocycles. The minimum atomic E-state index is -0.375. The largest absolute Gasteiger partial charge is 0.497 e. The molecule has 0 heterocycles. The second kappa shape index (κ2) is 8.15. The summed E-state index contributed by atoms with van der Waals surface area (Å²) in [5.41, 5.74) is 2.47. The van der Waals surface area contributed by atoms with Gasteiger partial charge in [0.05, 0.1) is 7.11 Å². The lowest BCUT2D eigenvalue weighted by atomic mass is 10.0. The second-order valence-electron chi connectivity index (χ2n) is 5.78. The average Bonchev–Trinajstić information content (AvgIpc) is 2.55. The Kier molecular flexibility index (Phi) is 5.95. The molecule has 2 amide bonds. The molecule has 0 aromatic heterocycles. The maximum atomic E-state index is 12.0. The summed E-state index contributed by atoms with van der Waals surface area (Å²) in [6.45, 7) is 4.22. The van der Waals surface area contributed by atoms with Gasteiger partial charge in [0.1, 0.15) is 12.2 Å². The van der Waals surface area contributed by atoms with Crippen molar-refractivity contribution in [3.63, 3.8) is 0 Å². The highest BCUT2D eigenvalue weighted by molar-refractivity contribution is 6.08. The van der Waals surface area contributed by atoms with Crippen molar-refractivity contribution in [2.45, 2.75) is 26.2 Å². The maximum absolute atomic E-state index is 12.0. The molecule has 2 N–H and O–H groups in total. The Morgan fingerprint density at radius 2 is 1.58 bits per heavy atom. The Bertz CT molecular complexity index is 709. The minimum Gasteiger partial charge on any atom is -0.497 e. The molecule has 5 nitrogen and oxygen atoms in total. The van der Waals surface area contributed by atoms with Gasteiger partial charge in [-0.25, -0.2) is 0 Å². The zero-order chi connectivity index (χ0) is 17.5. The van der Waals surface area contributed by atoms with Gasteiger partial charge in [-0.05, 0) is 35.7 Å². The SMILES string of the molecule is COc1cccc(NC(=O)CC(=O)Nc2ccc(C(C)C)cc2)c1. The van der Waals surface area contributed by atoms with Crippen molar-refractivity contribution in [1.82, 2.24) is 0 Å². The van der Waals surface area contributed by atoms with Crippen molar-refractivity contribution in [2.75, 3.05) is 17.7 Å². The van der Waals surface area contributed by atoms with E-state index in [1.165, 1.54) is 5.56 Å². The molecule has 2 aromatic carbocycles. The number of nitrogens with one attached hydrogen (secondary N) is 2. The zero-order valence-corrected chi connectivity index (χ0v) is 14.1. The van der Waals surface area contributed by atoms with E-state index < -0.39 is 0 Å². The second-order valence-corrected chi connectivity index (χ2v) is 5.78. The molecule has 24 heavy (non-hydrogen) atoms. The molecule has 0 aliphatic carbocycles. The van der Waals surface area contributed by atoms with E-state index >= 15 is 0 Å². The molecule has 5 heteroatoms. The van der Waals surface area contributed by atoms with Gasteiger partial charge in [0, 0.05) is 17.4 Å². The van der Waals surface area contributed by atoms with Crippen molar-refractivity contribution in [1.29, 1.82) is 0 Å². The topological polar surface area (TPSA) is 67.4 Å². The summed E-state index contributed by atoms with van der Waals surface area (Å²) < 4.78 is 5.09. The monoisotopic (exact) mass is 326 g/mol. The fourth-order valence-electron chi connectivity index (χ4n) is 2.21. The fourth-order valence-corrected chi connectivity index (χ4v) is 2.21. The molecule has 2 aromatic rings. The highest BCUT2D eigenvalue weighted by Crippen LogP contribution is 2.18. The van der Waals surface area contributed by atoms with E-state index in [9.17, 15) is 9.59 Å². The van der Waals surface area contributed by atoms with Crippen LogP contribution in [0.2, 0.25) is 0 Å². The van der Waals surface area contributed by atoms with Crippen LogP contribution >= 0.6 is 0 Å². The first-order valence-electron chi connectivity index (χ1n) is 7.81. The van der Waals surface area contributed by atoms with Crippen LogP contribution in [-0.4, -0.2) is 18.9 Å². The van der Waals surface area contributed by atoms with Crippen molar-refractivity contribution in [3.8, 4) is 5.75 Å². The smallest absolute Gasteiger partial charge is 0.233 e. The lowest BCUT2D eigenvalue weighted by molar-refractivity contribution is -0.123. The molecule has 0 aliphatic heterocycles. The molecule has 126 valence electrons. The van der Waals surface area contributed by atoms with Crippen LogP contribution in [0.15, 0.2) is 48.5 Å². The van der Waals surface area contributed by atoms with Crippen LogP contribution in [0, 0.1) is 0 Å². The summed E-state index contributed by atoms with van der Waals surface area (Å²) in [5.74, 6) is 0.345. The summed E-state index contributed by atoms with van der Waals surface area (Å²) in [6.07, 6.45) is -0.247. The molecule has 0 atom stereocenters. The van der Waals surface area contributed by atoms with Crippen molar-refractivity contribution in [3.05, 3.63) is 54.1 Å². The molecule has 0 saturated carbocycles. The number of ether oxygens (including phenoxy) is 1. The van der Waals surface area contributed by atoms with Gasteiger partial charge in [0.25, 0.3) is 0 Å². The van der Waals surface area contributed by atoms with Crippen LogP contribution in [0.3, 0.4) is 0 Å². The Balaban J connectivity index is 1.88. The summed E-state index contributed by atoms with van der Waals surface area (Å²) in [4.78, 5) is 23.9. The van der Waals surface area contributed by atoms with Crippen LogP contribution < -0.4 is 15.4 Å². The quantitative estimate of drug-likeness (QED) is 0.794. The standard InChI is InChI=1S/C19H22N2O3/c1-13(2)14-7-9-15(10-8-14)20-18(22)12-19(23)21-16-5-4-6-17(11-16)24-3/h4-11,13H,12H2,1-3H3,(H,20,22)(H,21,23). The Labute approximate surface area is 142 Å². The number of amides is 2. The van der Waals surface area contributed by atoms with Crippen LogP contribution in [0.1, 0.15) is 31.7 Å². The average molecular weight is 326 g/mol. The third-order valence-corrected chi connectivity index (χ3v) is 3.54. The summed E-state index contributed by atoms with van der Waals surface area (Å²) >= 11 is 0. The van der Waals surface area contributed by atoms with Gasteiger partial charge in [-0.1, -0.05) is 32.0 Å². The third-order valence-electron chi connectivity index (χ3n) is 3.54. The minimum absolute atomic E-state index is 0.247. The number of carbonyl (C=O) groups is 2. The highest BCUT2D eigenvalue weighted by atomic mass is 16.5. The number of rotatable bonds is 6. The zero-order valence-electron chi connectivity index (χ0n) is 14.1. The summed E-state index contributed by atoms with van der Waals surface area (Å²) in [5, 5.41) is 5.40. The van der Waals surface area contributed by atoms with Crippen molar-refractivity contribution in [2.24, 2.45) is 0 Å². The van der Waals surface area contributed by atoms with Gasteiger partial charge < -0.3 is 15.4 Å². The molecule has 0 bridgehead atoms. The van der Waals surface area contributed by atoms with E-state index in [4.69, 9.17) is 4.74 Å². The third kappa shape index (κ3) is 5.12. The molecule has 0 spiro atoms. The van der Waals surface area contributed by atoms with E-state index in [2.05, 4.69) is 24.5 Å². The number of benzene rings is 2. The van der Waals surface area contributed by atoms with Gasteiger partial charge >= 0.3 is 0 Å². The number of hydrogen-bond donors (Lipinski definition) is 2. The number of anilines is 2. The Hall–Kier alpha value is -2.82. The van der Waals surface area contributed by atoms with E-state index in [0.29, 0.717) is 23.0 Å². The van der Waals surface area contributed by atoms with Gasteiger partial charge in [-0.3, -0.25) is 9.59 Å². The van der Waals surface area contributed by atoms with Crippen molar-refractivity contribution >= 4 is 23.2 Å². The summed E-state index contributed by atoms with van der Waals surface area (Å²) in [7, 11) is 1.55. The van der Waals surface area contributed by atoms with Crippen LogP contribution in [0.5, 0.6) is 5.75 Å². The number of methoxy groups -OCH3 is 1. The predicted molar refractivity (Wildman–Crippen MR) is 95.4 cm³/mol. The molecule has 0 fully saturated rings. The number of carbonyl (C=O) groups excluding carboxylic acids is 2. The predicted octanol–water partition coefficient (Wildman–Crippen LogP) is 3.79. The molecular formula is C19H22N2O3. The van der Waals surface area contributed by atoms with Crippen LogP contribution in [-0.2, 0) is 9.59 Å². The van der Waals surface area contributed by atoms with E-state index in [0.717, 1.165) is 0 Å². The van der Waals surface area contributed by atoms with E-state index in [1.807, 2.05) is 24.3 Å². The fraction of sp³-hybridized carbons (Fsp3) is 0.263. The van der Waals surface area contributed by atoms with Crippen molar-refractivity contribution < 1.29 is 14.3 Å². The first kappa shape index (κ1) is 17.5. The number of hydrogen-bond acceptors (Lipinski definition) is 3. The van der Waals surface area contributed by atoms with E-state index in [1.54, 1.807) is 31.4 Å². The molecular weight excluding hydrogens is 304 g/mol. The first-order valence-corrected chi connectivity index (χ1v) is 7.81. The lowest BCUT2D eigenvalue weighted by Gasteiger charge is -2.09. The first-order chi connectivity index (χ1) is 11.5. The normalized spacial score (nSPS) is 10.3. The molecule has 2 rings (SSSR count). The summed E-state index contributed by atoms with van der Waals surface area (Å²) in [6, 6.07) is 14.6. The Morgan fingerprint density at radius 1 is 0.958 bits per heavy atom. The van der Waals surface area contributed by atoms with Crippen LogP contribution in [0.4, 0.5) is 11.4 Å². The lowest BCUT2D eigenvalue weighted by Crippen LogP contribution is -2.21. The van der Waals surface area contributed by atoms with Crippen LogP contribution in [0.25, 0.3) is 0 Å². The van der Waals surface area contributed by atoms with Gasteiger partial charge in [-0.2, -0.15) is 0 Å². The Morgan fingerprint density at radius 3 is 2.17 bits per heavy atom. The molecule has 0 aliphatic rings.